The maximum Gasteiger partial charge on any atom is 0.264 e. The van der Waals surface area contributed by atoms with E-state index in [1.807, 2.05) is 12.1 Å². The third-order valence-corrected chi connectivity index (χ3v) is 7.74. The summed E-state index contributed by atoms with van der Waals surface area (Å²) in [4.78, 5) is 0.138. The van der Waals surface area contributed by atoms with Crippen LogP contribution in [0.25, 0.3) is 0 Å². The van der Waals surface area contributed by atoms with Gasteiger partial charge in [0.2, 0.25) is 10.0 Å². The molecule has 0 spiro atoms. The van der Waals surface area contributed by atoms with Gasteiger partial charge in [-0.25, -0.2) is 21.6 Å². The second-order valence-electron chi connectivity index (χ2n) is 6.02. The fourth-order valence-electron chi connectivity index (χ4n) is 3.00. The monoisotopic (exact) mass is 431 g/mol. The van der Waals surface area contributed by atoms with Crippen molar-refractivity contribution in [2.45, 2.75) is 23.3 Å². The molecule has 148 valence electrons. The smallest absolute Gasteiger partial charge is 0.264 e. The minimum Gasteiger partial charge on any atom is -0.311 e. The Morgan fingerprint density at radius 1 is 1.07 bits per heavy atom. The highest BCUT2D eigenvalue weighted by Gasteiger charge is 2.29. The van der Waals surface area contributed by atoms with Crippen LogP contribution >= 0.6 is 12.4 Å². The van der Waals surface area contributed by atoms with Gasteiger partial charge in [-0.3, -0.25) is 4.31 Å². The Bertz CT molecular complexity index is 1040. The van der Waals surface area contributed by atoms with Crippen LogP contribution in [0.1, 0.15) is 11.1 Å². The zero-order valence-electron chi connectivity index (χ0n) is 15.0. The Labute approximate surface area is 166 Å². The van der Waals surface area contributed by atoms with Crippen LogP contribution < -0.4 is 14.3 Å². The lowest BCUT2D eigenvalue weighted by atomic mass is 10.2. The normalized spacial score (nSPS) is 14.8. The molecule has 1 heterocycles. The van der Waals surface area contributed by atoms with E-state index >= 15 is 0 Å². The molecule has 0 amide bonds. The van der Waals surface area contributed by atoms with E-state index in [2.05, 4.69) is 10.0 Å². The van der Waals surface area contributed by atoms with Gasteiger partial charge in [0.25, 0.3) is 10.0 Å². The number of sulfonamides is 2. The molecule has 2 N–H and O–H groups in total. The minimum absolute atomic E-state index is 0. The molecule has 1 aliphatic rings. The molecule has 0 radical (unpaired) electrons. The zero-order chi connectivity index (χ0) is 18.9. The summed E-state index contributed by atoms with van der Waals surface area (Å²) in [6.45, 7) is 3.01. The molecular weight excluding hydrogens is 410 g/mol. The van der Waals surface area contributed by atoms with E-state index in [4.69, 9.17) is 0 Å². The Hall–Kier alpha value is -1.65. The molecule has 0 saturated heterocycles. The van der Waals surface area contributed by atoms with Crippen molar-refractivity contribution in [3.63, 3.8) is 0 Å². The van der Waals surface area contributed by atoms with Crippen molar-refractivity contribution in [1.82, 2.24) is 10.0 Å². The lowest BCUT2D eigenvalue weighted by molar-refractivity contribution is 0.584. The van der Waals surface area contributed by atoms with Crippen molar-refractivity contribution >= 4 is 38.1 Å². The molecule has 7 nitrogen and oxygen atoms in total. The van der Waals surface area contributed by atoms with E-state index in [-0.39, 0.29) is 22.2 Å². The highest BCUT2D eigenvalue weighted by atomic mass is 35.5. The van der Waals surface area contributed by atoms with Crippen LogP contribution in [0, 0.1) is 6.92 Å². The maximum atomic E-state index is 13.2. The van der Waals surface area contributed by atoms with Crippen LogP contribution in [0.2, 0.25) is 0 Å². The number of nitrogens with zero attached hydrogens (tertiary/aromatic N) is 1. The molecule has 0 bridgehead atoms. The molecule has 0 fully saturated rings. The van der Waals surface area contributed by atoms with Crippen molar-refractivity contribution < 1.29 is 16.8 Å². The molecule has 0 unspecified atom stereocenters. The summed E-state index contributed by atoms with van der Waals surface area (Å²) in [5.41, 5.74) is 1.92. The van der Waals surface area contributed by atoms with Gasteiger partial charge in [-0.1, -0.05) is 18.2 Å². The van der Waals surface area contributed by atoms with Gasteiger partial charge in [0.15, 0.2) is 0 Å². The van der Waals surface area contributed by atoms with Crippen molar-refractivity contribution in [1.29, 1.82) is 0 Å². The fourth-order valence-corrected chi connectivity index (χ4v) is 5.54. The van der Waals surface area contributed by atoms with Crippen molar-refractivity contribution in [2.75, 3.05) is 24.4 Å². The summed E-state index contributed by atoms with van der Waals surface area (Å²) in [6.07, 6.45) is 0. The van der Waals surface area contributed by atoms with Crippen LogP contribution in [0.4, 0.5) is 5.69 Å². The third kappa shape index (κ3) is 4.12. The first-order valence-corrected chi connectivity index (χ1v) is 11.1. The summed E-state index contributed by atoms with van der Waals surface area (Å²) in [5.74, 6) is 0. The zero-order valence-corrected chi connectivity index (χ0v) is 17.4. The number of para-hydroxylation sites is 1. The second-order valence-corrected chi connectivity index (χ2v) is 9.73. The predicted molar refractivity (Wildman–Crippen MR) is 107 cm³/mol. The lowest BCUT2D eigenvalue weighted by Gasteiger charge is -2.24. The van der Waals surface area contributed by atoms with Crippen LogP contribution in [-0.4, -0.2) is 37.0 Å². The van der Waals surface area contributed by atoms with Crippen molar-refractivity contribution in [3.8, 4) is 0 Å². The Morgan fingerprint density at radius 3 is 2.44 bits per heavy atom. The standard InChI is InChI=1S/C17H21N3O4S2.ClH/c1-13-11-15(7-8-17(13)25(21,22)18-2)26(23,24)20-10-9-19-12-14-5-3-4-6-16(14)20;/h3-8,11,18-19H,9-10,12H2,1-2H3;1H. The van der Waals surface area contributed by atoms with Crippen LogP contribution in [-0.2, 0) is 26.6 Å². The van der Waals surface area contributed by atoms with Gasteiger partial charge in [-0.15, -0.1) is 12.4 Å². The summed E-state index contributed by atoms with van der Waals surface area (Å²) < 4.78 is 54.1. The Morgan fingerprint density at radius 2 is 1.78 bits per heavy atom. The number of hydrogen-bond acceptors (Lipinski definition) is 5. The van der Waals surface area contributed by atoms with Gasteiger partial charge in [0, 0.05) is 19.6 Å². The Kier molecular flexibility index (Phi) is 6.54. The quantitative estimate of drug-likeness (QED) is 0.767. The molecule has 27 heavy (non-hydrogen) atoms. The highest BCUT2D eigenvalue weighted by Crippen LogP contribution is 2.29. The van der Waals surface area contributed by atoms with E-state index < -0.39 is 20.0 Å². The molecule has 2 aromatic carbocycles. The van der Waals surface area contributed by atoms with Crippen LogP contribution in [0.3, 0.4) is 0 Å². The number of fused-ring (bicyclic) bond motifs is 1. The molecule has 0 atom stereocenters. The summed E-state index contributed by atoms with van der Waals surface area (Å²) in [5, 5.41) is 3.21. The van der Waals surface area contributed by atoms with Gasteiger partial charge in [-0.2, -0.15) is 0 Å². The minimum atomic E-state index is -3.81. The molecular formula is C17H22ClN3O4S2. The number of anilines is 1. The molecule has 10 heteroatoms. The summed E-state index contributed by atoms with van der Waals surface area (Å²) >= 11 is 0. The topological polar surface area (TPSA) is 95.6 Å². The maximum absolute atomic E-state index is 13.2. The van der Waals surface area contributed by atoms with Crippen molar-refractivity contribution in [2.24, 2.45) is 0 Å². The molecule has 0 aromatic heterocycles. The predicted octanol–water partition coefficient (Wildman–Crippen LogP) is 1.62. The largest absolute Gasteiger partial charge is 0.311 e. The van der Waals surface area contributed by atoms with Gasteiger partial charge >= 0.3 is 0 Å². The summed E-state index contributed by atoms with van der Waals surface area (Å²) in [7, 11) is -6.13. The van der Waals surface area contributed by atoms with E-state index in [1.165, 1.54) is 29.6 Å². The molecule has 1 aliphatic heterocycles. The third-order valence-electron chi connectivity index (χ3n) is 4.36. The highest BCUT2D eigenvalue weighted by molar-refractivity contribution is 7.93. The van der Waals surface area contributed by atoms with Gasteiger partial charge < -0.3 is 5.32 Å². The number of benzene rings is 2. The molecule has 2 aromatic rings. The number of hydrogen-bond donors (Lipinski definition) is 2. The Balaban J connectivity index is 0.00000261. The fraction of sp³-hybridized carbons (Fsp3) is 0.294. The number of nitrogens with one attached hydrogen (secondary N) is 2. The van der Waals surface area contributed by atoms with Crippen LogP contribution in [0.5, 0.6) is 0 Å². The van der Waals surface area contributed by atoms with E-state index in [9.17, 15) is 16.8 Å². The van der Waals surface area contributed by atoms with E-state index in [1.54, 1.807) is 19.1 Å². The average Bonchev–Trinajstić information content (AvgIpc) is 2.84. The molecule has 0 saturated carbocycles. The average molecular weight is 432 g/mol. The lowest BCUT2D eigenvalue weighted by Crippen LogP contribution is -2.34. The van der Waals surface area contributed by atoms with E-state index in [0.29, 0.717) is 30.9 Å². The van der Waals surface area contributed by atoms with Crippen molar-refractivity contribution in [3.05, 3.63) is 53.6 Å². The first-order valence-electron chi connectivity index (χ1n) is 8.13. The number of rotatable bonds is 4. The van der Waals surface area contributed by atoms with Gasteiger partial charge in [0.1, 0.15) is 0 Å². The SMILES string of the molecule is CNS(=O)(=O)c1ccc(S(=O)(=O)N2CCNCc3ccccc32)cc1C.Cl. The first kappa shape index (κ1) is 21.6. The van der Waals surface area contributed by atoms with E-state index in [0.717, 1.165) is 5.56 Å². The summed E-state index contributed by atoms with van der Waals surface area (Å²) in [6, 6.07) is 11.4. The molecule has 0 aliphatic carbocycles. The second kappa shape index (κ2) is 8.15. The number of halogens is 1. The van der Waals surface area contributed by atoms with Crippen LogP contribution in [0.15, 0.2) is 52.3 Å². The van der Waals surface area contributed by atoms with Gasteiger partial charge in [0.05, 0.1) is 15.5 Å². The van der Waals surface area contributed by atoms with Gasteiger partial charge in [-0.05, 0) is 49.4 Å². The number of aryl methyl sites for hydroxylation is 1. The molecule has 3 rings (SSSR count). The first-order chi connectivity index (χ1) is 12.3.